The van der Waals surface area contributed by atoms with Crippen LogP contribution in [0.5, 0.6) is 0 Å². The van der Waals surface area contributed by atoms with Gasteiger partial charge in [-0.15, -0.1) is 0 Å². The number of benzene rings is 2. The molecule has 0 spiro atoms. The van der Waals surface area contributed by atoms with Crippen LogP contribution in [0.3, 0.4) is 0 Å². The standard InChI is InChI=1S/C15H16O3S/c1-19(17,18)15(13-10-6-3-7-11-13)14(16)12-8-4-2-5-9-12/h2-11,14-16H,1H3/t14-,15-/m1/s1. The fraction of sp³-hybridized carbons (Fsp3) is 0.200. The van der Waals surface area contributed by atoms with Crippen LogP contribution in [0.4, 0.5) is 0 Å². The zero-order chi connectivity index (χ0) is 13.9. The van der Waals surface area contributed by atoms with Crippen LogP contribution < -0.4 is 0 Å². The highest BCUT2D eigenvalue weighted by Crippen LogP contribution is 2.34. The Hall–Kier alpha value is -1.65. The highest BCUT2D eigenvalue weighted by Gasteiger charge is 2.31. The van der Waals surface area contributed by atoms with Crippen molar-refractivity contribution in [2.75, 3.05) is 6.26 Å². The van der Waals surface area contributed by atoms with E-state index in [-0.39, 0.29) is 0 Å². The van der Waals surface area contributed by atoms with Crippen LogP contribution in [0.25, 0.3) is 0 Å². The van der Waals surface area contributed by atoms with Crippen molar-refractivity contribution in [1.82, 2.24) is 0 Å². The smallest absolute Gasteiger partial charge is 0.157 e. The maximum Gasteiger partial charge on any atom is 0.157 e. The molecule has 2 aromatic carbocycles. The molecule has 0 aliphatic heterocycles. The lowest BCUT2D eigenvalue weighted by Crippen LogP contribution is -2.19. The van der Waals surface area contributed by atoms with Crippen LogP contribution in [0.1, 0.15) is 22.5 Å². The molecule has 1 N–H and O–H groups in total. The van der Waals surface area contributed by atoms with Gasteiger partial charge in [-0.1, -0.05) is 60.7 Å². The first-order chi connectivity index (χ1) is 9.00. The van der Waals surface area contributed by atoms with Crippen LogP contribution in [0, 0.1) is 0 Å². The van der Waals surface area contributed by atoms with Gasteiger partial charge in [-0.2, -0.15) is 0 Å². The van der Waals surface area contributed by atoms with Crippen LogP contribution in [-0.2, 0) is 9.84 Å². The lowest BCUT2D eigenvalue weighted by atomic mass is 10.0. The number of aliphatic hydroxyl groups excluding tert-OH is 1. The van der Waals surface area contributed by atoms with Gasteiger partial charge in [0.15, 0.2) is 9.84 Å². The molecule has 100 valence electrons. The van der Waals surface area contributed by atoms with Gasteiger partial charge in [-0.25, -0.2) is 8.42 Å². The minimum atomic E-state index is -3.42. The summed E-state index contributed by atoms with van der Waals surface area (Å²) in [5, 5.41) is 9.44. The highest BCUT2D eigenvalue weighted by atomic mass is 32.2. The van der Waals surface area contributed by atoms with E-state index in [2.05, 4.69) is 0 Å². The van der Waals surface area contributed by atoms with Gasteiger partial charge in [0, 0.05) is 6.26 Å². The fourth-order valence-corrected chi connectivity index (χ4v) is 3.41. The van der Waals surface area contributed by atoms with Gasteiger partial charge in [0.05, 0.1) is 6.10 Å². The van der Waals surface area contributed by atoms with E-state index in [1.165, 1.54) is 0 Å². The molecule has 0 bridgehead atoms. The average Bonchev–Trinajstić information content (AvgIpc) is 2.39. The van der Waals surface area contributed by atoms with Crippen molar-refractivity contribution in [2.45, 2.75) is 11.4 Å². The van der Waals surface area contributed by atoms with Crippen molar-refractivity contribution in [3.8, 4) is 0 Å². The second-order valence-corrected chi connectivity index (χ2v) is 6.68. The topological polar surface area (TPSA) is 54.4 Å². The Balaban J connectivity index is 2.46. The second kappa shape index (κ2) is 5.55. The molecule has 0 aliphatic rings. The molecule has 0 aliphatic carbocycles. The van der Waals surface area contributed by atoms with Gasteiger partial charge in [0.2, 0.25) is 0 Å². The first-order valence-corrected chi connectivity index (χ1v) is 7.92. The SMILES string of the molecule is CS(=O)(=O)[C@H](c1ccccc1)[C@H](O)c1ccccc1. The predicted octanol–water partition coefficient (Wildman–Crippen LogP) is 2.51. The largest absolute Gasteiger partial charge is 0.387 e. The van der Waals surface area contributed by atoms with Crippen molar-refractivity contribution in [2.24, 2.45) is 0 Å². The van der Waals surface area contributed by atoms with E-state index in [0.29, 0.717) is 11.1 Å². The quantitative estimate of drug-likeness (QED) is 0.933. The molecule has 3 nitrogen and oxygen atoms in total. The lowest BCUT2D eigenvalue weighted by molar-refractivity contribution is 0.171. The third kappa shape index (κ3) is 3.22. The van der Waals surface area contributed by atoms with Gasteiger partial charge in [0.1, 0.15) is 5.25 Å². The average molecular weight is 276 g/mol. The molecule has 0 amide bonds. The van der Waals surface area contributed by atoms with Crippen LogP contribution in [0.2, 0.25) is 0 Å². The third-order valence-corrected chi connectivity index (χ3v) is 4.47. The summed E-state index contributed by atoms with van der Waals surface area (Å²) >= 11 is 0. The Morgan fingerprint density at radius 1 is 0.842 bits per heavy atom. The maximum atomic E-state index is 12.0. The van der Waals surface area contributed by atoms with Crippen molar-refractivity contribution in [3.05, 3.63) is 71.8 Å². The van der Waals surface area contributed by atoms with Crippen molar-refractivity contribution < 1.29 is 13.5 Å². The summed E-state index contributed by atoms with van der Waals surface area (Å²) in [4.78, 5) is 0. The van der Waals surface area contributed by atoms with E-state index in [1.807, 2.05) is 12.1 Å². The highest BCUT2D eigenvalue weighted by molar-refractivity contribution is 7.91. The van der Waals surface area contributed by atoms with Crippen molar-refractivity contribution >= 4 is 9.84 Å². The Morgan fingerprint density at radius 3 is 1.68 bits per heavy atom. The molecular weight excluding hydrogens is 260 g/mol. The maximum absolute atomic E-state index is 12.0. The first kappa shape index (κ1) is 13.8. The molecule has 0 heterocycles. The Bertz CT molecular complexity index is 621. The number of hydrogen-bond acceptors (Lipinski definition) is 3. The number of rotatable bonds is 4. The van der Waals surface area contributed by atoms with Gasteiger partial charge in [0.25, 0.3) is 0 Å². The zero-order valence-corrected chi connectivity index (χ0v) is 11.4. The van der Waals surface area contributed by atoms with Crippen LogP contribution in [0.15, 0.2) is 60.7 Å². The number of sulfone groups is 1. The Labute approximate surface area is 113 Å². The summed E-state index contributed by atoms with van der Waals surface area (Å²) < 4.78 is 24.0. The van der Waals surface area contributed by atoms with Crippen molar-refractivity contribution in [1.29, 1.82) is 0 Å². The summed E-state index contributed by atoms with van der Waals surface area (Å²) in [7, 11) is -3.42. The summed E-state index contributed by atoms with van der Waals surface area (Å²) in [6, 6.07) is 17.6. The molecule has 0 saturated carbocycles. The van der Waals surface area contributed by atoms with Crippen LogP contribution >= 0.6 is 0 Å². The minimum absolute atomic E-state index is 0.598. The Kier molecular flexibility index (Phi) is 4.02. The number of hydrogen-bond donors (Lipinski definition) is 1. The summed E-state index contributed by atoms with van der Waals surface area (Å²) in [5.74, 6) is 0. The van der Waals surface area contributed by atoms with E-state index in [1.54, 1.807) is 48.5 Å². The van der Waals surface area contributed by atoms with Gasteiger partial charge in [-0.05, 0) is 11.1 Å². The van der Waals surface area contributed by atoms with Gasteiger partial charge in [-0.3, -0.25) is 0 Å². The lowest BCUT2D eigenvalue weighted by Gasteiger charge is -2.22. The number of aliphatic hydroxyl groups is 1. The van der Waals surface area contributed by atoms with E-state index < -0.39 is 21.2 Å². The van der Waals surface area contributed by atoms with E-state index in [0.717, 1.165) is 6.26 Å². The molecule has 0 saturated heterocycles. The van der Waals surface area contributed by atoms with E-state index >= 15 is 0 Å². The molecule has 4 heteroatoms. The molecule has 19 heavy (non-hydrogen) atoms. The molecule has 0 radical (unpaired) electrons. The molecule has 2 atom stereocenters. The first-order valence-electron chi connectivity index (χ1n) is 5.97. The van der Waals surface area contributed by atoms with E-state index in [9.17, 15) is 13.5 Å². The van der Waals surface area contributed by atoms with Gasteiger partial charge < -0.3 is 5.11 Å². The predicted molar refractivity (Wildman–Crippen MR) is 75.4 cm³/mol. The third-order valence-electron chi connectivity index (χ3n) is 3.02. The molecule has 2 aromatic rings. The van der Waals surface area contributed by atoms with Crippen LogP contribution in [-0.4, -0.2) is 19.8 Å². The van der Waals surface area contributed by atoms with Gasteiger partial charge >= 0.3 is 0 Å². The zero-order valence-electron chi connectivity index (χ0n) is 10.6. The normalized spacial score (nSPS) is 14.8. The molecule has 0 aromatic heterocycles. The van der Waals surface area contributed by atoms with E-state index in [4.69, 9.17) is 0 Å². The Morgan fingerprint density at radius 2 is 1.26 bits per heavy atom. The fourth-order valence-electron chi connectivity index (χ4n) is 2.13. The second-order valence-electron chi connectivity index (χ2n) is 4.52. The minimum Gasteiger partial charge on any atom is -0.387 e. The molecular formula is C15H16O3S. The summed E-state index contributed by atoms with van der Waals surface area (Å²) in [6.07, 6.45) is 0.0789. The molecule has 0 unspecified atom stereocenters. The summed E-state index contributed by atoms with van der Waals surface area (Å²) in [5.41, 5.74) is 1.20. The monoisotopic (exact) mass is 276 g/mol. The molecule has 2 rings (SSSR count). The van der Waals surface area contributed by atoms with Crippen molar-refractivity contribution in [3.63, 3.8) is 0 Å². The molecule has 0 fully saturated rings. The summed E-state index contributed by atoms with van der Waals surface area (Å²) in [6.45, 7) is 0.